The Bertz CT molecular complexity index is 1040. The molecule has 0 aliphatic heterocycles. The SMILES string of the molecule is COc1ccc(-c2cc(C(=O)N/N=C(\C)c3ccc(OC(C)=O)cc3)[nH]n2)cc1. The first kappa shape index (κ1) is 19.8. The number of aromatic nitrogens is 2. The van der Waals surface area contributed by atoms with Crippen molar-refractivity contribution in [3.8, 4) is 22.8 Å². The van der Waals surface area contributed by atoms with Crippen LogP contribution in [0.1, 0.15) is 29.9 Å². The van der Waals surface area contributed by atoms with E-state index in [-0.39, 0.29) is 11.7 Å². The Balaban J connectivity index is 1.65. The second-order valence-corrected chi connectivity index (χ2v) is 6.15. The van der Waals surface area contributed by atoms with Crippen molar-refractivity contribution in [2.75, 3.05) is 7.11 Å². The number of nitrogens with one attached hydrogen (secondary N) is 2. The average Bonchev–Trinajstić information content (AvgIpc) is 3.22. The lowest BCUT2D eigenvalue weighted by Crippen LogP contribution is -2.19. The van der Waals surface area contributed by atoms with Gasteiger partial charge in [0.2, 0.25) is 0 Å². The van der Waals surface area contributed by atoms with Crippen molar-refractivity contribution in [2.24, 2.45) is 5.10 Å². The van der Waals surface area contributed by atoms with E-state index in [1.807, 2.05) is 24.3 Å². The van der Waals surface area contributed by atoms with Crippen LogP contribution in [0.2, 0.25) is 0 Å². The summed E-state index contributed by atoms with van der Waals surface area (Å²) in [4.78, 5) is 23.3. The van der Waals surface area contributed by atoms with E-state index in [0.29, 0.717) is 17.2 Å². The summed E-state index contributed by atoms with van der Waals surface area (Å²) in [6.45, 7) is 3.10. The van der Waals surface area contributed by atoms with Crippen molar-refractivity contribution in [3.63, 3.8) is 0 Å². The summed E-state index contributed by atoms with van der Waals surface area (Å²) in [5.74, 6) is 0.395. The number of rotatable bonds is 6. The number of esters is 1. The molecule has 8 nitrogen and oxygen atoms in total. The van der Waals surface area contributed by atoms with Crippen LogP contribution in [0.25, 0.3) is 11.3 Å². The molecule has 8 heteroatoms. The molecule has 0 fully saturated rings. The van der Waals surface area contributed by atoms with Crippen molar-refractivity contribution in [2.45, 2.75) is 13.8 Å². The summed E-state index contributed by atoms with van der Waals surface area (Å²) in [6.07, 6.45) is 0. The molecule has 1 amide bonds. The number of hydrazone groups is 1. The van der Waals surface area contributed by atoms with Crippen molar-refractivity contribution < 1.29 is 19.1 Å². The first-order chi connectivity index (χ1) is 14.0. The molecule has 3 aromatic rings. The van der Waals surface area contributed by atoms with Crippen LogP contribution in [0.3, 0.4) is 0 Å². The van der Waals surface area contributed by atoms with Crippen molar-refractivity contribution in [1.29, 1.82) is 0 Å². The van der Waals surface area contributed by atoms with Crippen LogP contribution in [0.15, 0.2) is 59.7 Å². The predicted octanol–water partition coefficient (Wildman–Crippen LogP) is 3.16. The maximum atomic E-state index is 12.3. The van der Waals surface area contributed by atoms with E-state index >= 15 is 0 Å². The molecule has 0 bridgehead atoms. The number of carbonyl (C=O) groups excluding carboxylic acids is 2. The largest absolute Gasteiger partial charge is 0.497 e. The van der Waals surface area contributed by atoms with Gasteiger partial charge in [0.05, 0.1) is 18.5 Å². The van der Waals surface area contributed by atoms with E-state index < -0.39 is 5.91 Å². The first-order valence-corrected chi connectivity index (χ1v) is 8.79. The van der Waals surface area contributed by atoms with Crippen molar-refractivity contribution in [1.82, 2.24) is 15.6 Å². The number of aromatic amines is 1. The molecule has 2 N–H and O–H groups in total. The molecular weight excluding hydrogens is 372 g/mol. The minimum Gasteiger partial charge on any atom is -0.497 e. The number of methoxy groups -OCH3 is 1. The van der Waals surface area contributed by atoms with Gasteiger partial charge in [0.1, 0.15) is 17.2 Å². The number of nitrogens with zero attached hydrogens (tertiary/aromatic N) is 2. The average molecular weight is 392 g/mol. The molecule has 29 heavy (non-hydrogen) atoms. The number of amides is 1. The van der Waals surface area contributed by atoms with E-state index in [1.54, 1.807) is 44.4 Å². The van der Waals surface area contributed by atoms with Gasteiger partial charge in [-0.2, -0.15) is 10.2 Å². The molecule has 0 radical (unpaired) electrons. The maximum Gasteiger partial charge on any atom is 0.308 e. The second kappa shape index (κ2) is 8.83. The monoisotopic (exact) mass is 392 g/mol. The quantitative estimate of drug-likeness (QED) is 0.290. The molecule has 0 unspecified atom stereocenters. The zero-order valence-electron chi connectivity index (χ0n) is 16.2. The Labute approximate surface area is 167 Å². The van der Waals surface area contributed by atoms with Gasteiger partial charge in [0, 0.05) is 12.5 Å². The fraction of sp³-hybridized carbons (Fsp3) is 0.143. The standard InChI is InChI=1S/C21H20N4O4/c1-13(15-4-10-18(11-5-15)29-14(2)26)22-25-21(27)20-12-19(23-24-20)16-6-8-17(28-3)9-7-16/h4-12H,1-3H3,(H,23,24)(H,25,27)/b22-13+. The highest BCUT2D eigenvalue weighted by atomic mass is 16.5. The summed E-state index contributed by atoms with van der Waals surface area (Å²) >= 11 is 0. The Hall–Kier alpha value is -3.94. The van der Waals surface area contributed by atoms with Crippen LogP contribution in [0.5, 0.6) is 11.5 Å². The summed E-state index contributed by atoms with van der Waals surface area (Å²) in [5.41, 5.74) is 5.66. The van der Waals surface area contributed by atoms with Gasteiger partial charge in [-0.25, -0.2) is 5.43 Å². The predicted molar refractivity (Wildman–Crippen MR) is 108 cm³/mol. The molecule has 1 heterocycles. The van der Waals surface area contributed by atoms with Gasteiger partial charge in [0.15, 0.2) is 0 Å². The number of carbonyl (C=O) groups is 2. The third-order valence-corrected chi connectivity index (χ3v) is 4.07. The van der Waals surface area contributed by atoms with Gasteiger partial charge in [-0.05, 0) is 67.1 Å². The highest BCUT2D eigenvalue weighted by Gasteiger charge is 2.11. The fourth-order valence-electron chi connectivity index (χ4n) is 2.54. The molecule has 3 rings (SSSR count). The topological polar surface area (TPSA) is 106 Å². The zero-order valence-corrected chi connectivity index (χ0v) is 16.2. The number of benzene rings is 2. The fourth-order valence-corrected chi connectivity index (χ4v) is 2.54. The molecule has 148 valence electrons. The number of hydrogen-bond acceptors (Lipinski definition) is 6. The summed E-state index contributed by atoms with van der Waals surface area (Å²) < 4.78 is 10.1. The van der Waals surface area contributed by atoms with Crippen molar-refractivity contribution in [3.05, 3.63) is 65.9 Å². The van der Waals surface area contributed by atoms with Crippen molar-refractivity contribution >= 4 is 17.6 Å². The van der Waals surface area contributed by atoms with Crippen LogP contribution in [0, 0.1) is 0 Å². The molecule has 0 aliphatic carbocycles. The molecule has 0 saturated heterocycles. The van der Waals surface area contributed by atoms with Gasteiger partial charge < -0.3 is 9.47 Å². The van der Waals surface area contributed by atoms with Gasteiger partial charge in [-0.3, -0.25) is 14.7 Å². The van der Waals surface area contributed by atoms with Crippen LogP contribution >= 0.6 is 0 Å². The van der Waals surface area contributed by atoms with Gasteiger partial charge in [-0.15, -0.1) is 0 Å². The van der Waals surface area contributed by atoms with Crippen LogP contribution in [-0.2, 0) is 4.79 Å². The Morgan fingerprint density at radius 3 is 2.28 bits per heavy atom. The van der Waals surface area contributed by atoms with Gasteiger partial charge in [-0.1, -0.05) is 0 Å². The molecule has 2 aromatic carbocycles. The highest BCUT2D eigenvalue weighted by molar-refractivity contribution is 6.00. The highest BCUT2D eigenvalue weighted by Crippen LogP contribution is 2.21. The van der Waals surface area contributed by atoms with E-state index in [2.05, 4.69) is 20.7 Å². The third-order valence-electron chi connectivity index (χ3n) is 4.07. The van der Waals surface area contributed by atoms with Gasteiger partial charge >= 0.3 is 5.97 Å². The van der Waals surface area contributed by atoms with E-state index in [0.717, 1.165) is 16.9 Å². The lowest BCUT2D eigenvalue weighted by atomic mass is 10.1. The minimum atomic E-state index is -0.409. The summed E-state index contributed by atoms with van der Waals surface area (Å²) in [6, 6.07) is 15.8. The second-order valence-electron chi connectivity index (χ2n) is 6.15. The normalized spacial score (nSPS) is 11.1. The summed E-state index contributed by atoms with van der Waals surface area (Å²) in [7, 11) is 1.60. The lowest BCUT2D eigenvalue weighted by Gasteiger charge is -2.04. The Morgan fingerprint density at radius 2 is 1.66 bits per heavy atom. The Kier molecular flexibility index (Phi) is 6.03. The molecule has 0 aliphatic rings. The molecule has 0 spiro atoms. The number of hydrogen-bond donors (Lipinski definition) is 2. The Morgan fingerprint density at radius 1 is 1.00 bits per heavy atom. The lowest BCUT2D eigenvalue weighted by molar-refractivity contribution is -0.131. The molecule has 1 aromatic heterocycles. The van der Waals surface area contributed by atoms with Crippen LogP contribution in [-0.4, -0.2) is 34.9 Å². The smallest absolute Gasteiger partial charge is 0.308 e. The van der Waals surface area contributed by atoms with E-state index in [1.165, 1.54) is 6.92 Å². The van der Waals surface area contributed by atoms with E-state index in [4.69, 9.17) is 9.47 Å². The third kappa shape index (κ3) is 5.07. The van der Waals surface area contributed by atoms with Crippen LogP contribution in [0.4, 0.5) is 0 Å². The zero-order chi connectivity index (χ0) is 20.8. The van der Waals surface area contributed by atoms with Gasteiger partial charge in [0.25, 0.3) is 5.91 Å². The van der Waals surface area contributed by atoms with Crippen LogP contribution < -0.4 is 14.9 Å². The maximum absolute atomic E-state index is 12.3. The molecular formula is C21H20N4O4. The first-order valence-electron chi connectivity index (χ1n) is 8.79. The minimum absolute atomic E-state index is 0.289. The number of H-pyrrole nitrogens is 1. The molecule has 0 atom stereocenters. The number of ether oxygens (including phenoxy) is 2. The summed E-state index contributed by atoms with van der Waals surface area (Å²) in [5, 5.41) is 11.0. The molecule has 0 saturated carbocycles. The van der Waals surface area contributed by atoms with E-state index in [9.17, 15) is 9.59 Å².